The van der Waals surface area contributed by atoms with E-state index in [-0.39, 0.29) is 28.8 Å². The number of hydrogen-bond donors (Lipinski definition) is 2. The van der Waals surface area contributed by atoms with Crippen molar-refractivity contribution in [2.45, 2.75) is 11.4 Å². The number of sulfonamides is 1. The Morgan fingerprint density at radius 1 is 0.882 bits per heavy atom. The second-order valence-corrected chi connectivity index (χ2v) is 9.51. The summed E-state index contributed by atoms with van der Waals surface area (Å²) in [6, 6.07) is 16.1. The van der Waals surface area contributed by atoms with Gasteiger partial charge in [-0.2, -0.15) is 0 Å². The van der Waals surface area contributed by atoms with Crippen LogP contribution in [0, 0.1) is 0 Å². The molecule has 0 bridgehead atoms. The minimum atomic E-state index is -3.79. The fourth-order valence-corrected chi connectivity index (χ4v) is 4.49. The Kier molecular flexibility index (Phi) is 8.62. The Hall–Kier alpha value is -2.98. The number of carbonyl (C=O) groups is 1. The van der Waals surface area contributed by atoms with E-state index in [9.17, 15) is 13.2 Å². The van der Waals surface area contributed by atoms with Crippen molar-refractivity contribution in [1.82, 2.24) is 4.72 Å². The third-order valence-electron chi connectivity index (χ3n) is 4.63. The summed E-state index contributed by atoms with van der Waals surface area (Å²) in [6.07, 6.45) is 0. The van der Waals surface area contributed by atoms with Gasteiger partial charge in [0.1, 0.15) is 17.2 Å². The van der Waals surface area contributed by atoms with Gasteiger partial charge in [-0.3, -0.25) is 4.79 Å². The Balaban J connectivity index is 1.63. The maximum Gasteiger partial charge on any atom is 0.262 e. The third-order valence-corrected chi connectivity index (χ3v) is 6.62. The zero-order valence-electron chi connectivity index (χ0n) is 18.3. The summed E-state index contributed by atoms with van der Waals surface area (Å²) in [5, 5.41) is 3.01. The number of ether oxygens (including phenoxy) is 3. The van der Waals surface area contributed by atoms with Gasteiger partial charge in [-0.15, -0.1) is 0 Å². The number of amides is 1. The van der Waals surface area contributed by atoms with E-state index >= 15 is 0 Å². The number of methoxy groups -OCH3 is 2. The van der Waals surface area contributed by atoms with Gasteiger partial charge in [-0.05, 0) is 23.8 Å². The minimum Gasteiger partial charge on any atom is -0.495 e. The molecule has 2 N–H and O–H groups in total. The summed E-state index contributed by atoms with van der Waals surface area (Å²) in [5.41, 5.74) is 1.16. The van der Waals surface area contributed by atoms with Gasteiger partial charge in [-0.25, -0.2) is 13.1 Å². The first-order valence-corrected chi connectivity index (χ1v) is 12.1. The predicted octanol–water partition coefficient (Wildman–Crippen LogP) is 4.51. The van der Waals surface area contributed by atoms with Gasteiger partial charge in [0.15, 0.2) is 6.61 Å². The van der Waals surface area contributed by atoms with E-state index < -0.39 is 15.9 Å². The largest absolute Gasteiger partial charge is 0.495 e. The molecule has 3 rings (SSSR count). The highest BCUT2D eigenvalue weighted by atomic mass is 35.5. The average molecular weight is 525 g/mol. The molecular weight excluding hydrogens is 503 g/mol. The number of halogens is 2. The average Bonchev–Trinajstić information content (AvgIpc) is 2.83. The van der Waals surface area contributed by atoms with Crippen molar-refractivity contribution in [2.75, 3.05) is 26.1 Å². The summed E-state index contributed by atoms with van der Waals surface area (Å²) < 4.78 is 43.5. The van der Waals surface area contributed by atoms with E-state index in [0.29, 0.717) is 22.2 Å². The van der Waals surface area contributed by atoms with E-state index in [2.05, 4.69) is 10.0 Å². The van der Waals surface area contributed by atoms with Crippen LogP contribution in [0.25, 0.3) is 0 Å². The van der Waals surface area contributed by atoms with Gasteiger partial charge in [0.2, 0.25) is 10.0 Å². The second kappa shape index (κ2) is 11.4. The molecule has 34 heavy (non-hydrogen) atoms. The first-order chi connectivity index (χ1) is 16.2. The van der Waals surface area contributed by atoms with Crippen molar-refractivity contribution in [3.05, 3.63) is 76.3 Å². The molecule has 0 aliphatic heterocycles. The van der Waals surface area contributed by atoms with Crippen LogP contribution in [0.3, 0.4) is 0 Å². The molecule has 180 valence electrons. The molecule has 0 saturated heterocycles. The monoisotopic (exact) mass is 524 g/mol. The number of benzene rings is 3. The molecule has 0 unspecified atom stereocenters. The van der Waals surface area contributed by atoms with Gasteiger partial charge in [0.05, 0.1) is 34.8 Å². The van der Waals surface area contributed by atoms with Crippen molar-refractivity contribution in [2.24, 2.45) is 0 Å². The van der Waals surface area contributed by atoms with E-state index in [1.165, 1.54) is 44.6 Å². The summed E-state index contributed by atoms with van der Waals surface area (Å²) in [4.78, 5) is 12.4. The highest BCUT2D eigenvalue weighted by Crippen LogP contribution is 2.36. The van der Waals surface area contributed by atoms with E-state index in [1.807, 2.05) is 30.3 Å². The van der Waals surface area contributed by atoms with Crippen LogP contribution in [0.1, 0.15) is 5.56 Å². The van der Waals surface area contributed by atoms with Crippen LogP contribution in [0.15, 0.2) is 65.6 Å². The van der Waals surface area contributed by atoms with E-state index in [4.69, 9.17) is 37.4 Å². The van der Waals surface area contributed by atoms with Gasteiger partial charge >= 0.3 is 0 Å². The third kappa shape index (κ3) is 6.54. The number of nitrogens with one attached hydrogen (secondary N) is 2. The molecule has 0 saturated carbocycles. The van der Waals surface area contributed by atoms with Gasteiger partial charge < -0.3 is 19.5 Å². The number of anilines is 1. The van der Waals surface area contributed by atoms with Gasteiger partial charge in [0, 0.05) is 18.7 Å². The van der Waals surface area contributed by atoms with Crippen LogP contribution in [0.5, 0.6) is 17.2 Å². The lowest BCUT2D eigenvalue weighted by Crippen LogP contribution is -2.23. The van der Waals surface area contributed by atoms with Gasteiger partial charge in [0.25, 0.3) is 5.91 Å². The molecule has 0 fully saturated rings. The number of hydrogen-bond acceptors (Lipinski definition) is 6. The molecule has 0 aliphatic carbocycles. The van der Waals surface area contributed by atoms with Crippen LogP contribution in [-0.2, 0) is 21.4 Å². The SMILES string of the molecule is COc1cc(NC(=O)COc2ccc(S(=O)(=O)NCc3ccccc3)cc2Cl)c(OC)cc1Cl. The Bertz CT molecular complexity index is 1270. The van der Waals surface area contributed by atoms with Gasteiger partial charge in [-0.1, -0.05) is 53.5 Å². The van der Waals surface area contributed by atoms with Crippen LogP contribution in [0.2, 0.25) is 10.0 Å². The minimum absolute atomic E-state index is 0.0248. The lowest BCUT2D eigenvalue weighted by Gasteiger charge is -2.14. The molecular formula is C23H22Cl2N2O6S. The Morgan fingerprint density at radius 2 is 1.56 bits per heavy atom. The van der Waals surface area contributed by atoms with Crippen LogP contribution in [-0.4, -0.2) is 35.2 Å². The molecule has 0 radical (unpaired) electrons. The predicted molar refractivity (Wildman–Crippen MR) is 131 cm³/mol. The molecule has 3 aromatic rings. The zero-order chi connectivity index (χ0) is 24.7. The van der Waals surface area contributed by atoms with Crippen LogP contribution in [0.4, 0.5) is 5.69 Å². The number of rotatable bonds is 10. The lowest BCUT2D eigenvalue weighted by molar-refractivity contribution is -0.118. The molecule has 0 spiro atoms. The topological polar surface area (TPSA) is 103 Å². The van der Waals surface area contributed by atoms with Crippen molar-refractivity contribution in [3.63, 3.8) is 0 Å². The standard InChI is InChI=1S/C23H22Cl2N2O6S/c1-31-21-12-19(22(32-2)11-18(21)25)27-23(28)14-33-20-9-8-16(10-17(20)24)34(29,30)26-13-15-6-4-3-5-7-15/h3-12,26H,13-14H2,1-2H3,(H,27,28). The maximum atomic E-state index is 12.6. The summed E-state index contributed by atoms with van der Waals surface area (Å²) in [6.45, 7) is -0.246. The molecule has 3 aromatic carbocycles. The smallest absolute Gasteiger partial charge is 0.262 e. The molecule has 0 heterocycles. The fraction of sp³-hybridized carbons (Fsp3) is 0.174. The normalized spacial score (nSPS) is 11.1. The quantitative estimate of drug-likeness (QED) is 0.404. The van der Waals surface area contributed by atoms with E-state index in [0.717, 1.165) is 5.56 Å². The molecule has 1 amide bonds. The second-order valence-electron chi connectivity index (χ2n) is 6.93. The molecule has 0 aromatic heterocycles. The molecule has 0 atom stereocenters. The highest BCUT2D eigenvalue weighted by Gasteiger charge is 2.17. The zero-order valence-corrected chi connectivity index (χ0v) is 20.6. The fourth-order valence-electron chi connectivity index (χ4n) is 2.91. The van der Waals surface area contributed by atoms with Crippen molar-refractivity contribution < 1.29 is 27.4 Å². The molecule has 0 aliphatic rings. The lowest BCUT2D eigenvalue weighted by atomic mass is 10.2. The van der Waals surface area contributed by atoms with Crippen molar-refractivity contribution in [3.8, 4) is 17.2 Å². The number of carbonyl (C=O) groups excluding carboxylic acids is 1. The van der Waals surface area contributed by atoms with Crippen LogP contribution < -0.4 is 24.2 Å². The summed E-state index contributed by atoms with van der Waals surface area (Å²) >= 11 is 12.3. The first kappa shape index (κ1) is 25.6. The van der Waals surface area contributed by atoms with E-state index in [1.54, 1.807) is 0 Å². The maximum absolute atomic E-state index is 12.6. The first-order valence-electron chi connectivity index (χ1n) is 9.91. The van der Waals surface area contributed by atoms with Crippen molar-refractivity contribution >= 4 is 44.8 Å². The Labute approximate surface area is 207 Å². The van der Waals surface area contributed by atoms with Crippen LogP contribution >= 0.6 is 23.2 Å². The molecule has 8 nitrogen and oxygen atoms in total. The highest BCUT2D eigenvalue weighted by molar-refractivity contribution is 7.89. The molecule has 11 heteroatoms. The summed E-state index contributed by atoms with van der Waals surface area (Å²) in [5.74, 6) is 0.355. The Morgan fingerprint density at radius 3 is 2.21 bits per heavy atom. The summed E-state index contributed by atoms with van der Waals surface area (Å²) in [7, 11) is -0.905. The van der Waals surface area contributed by atoms with Crippen molar-refractivity contribution in [1.29, 1.82) is 0 Å².